The number of aromatic nitrogens is 1. The van der Waals surface area contributed by atoms with Gasteiger partial charge in [0.05, 0.1) is 5.56 Å². The van der Waals surface area contributed by atoms with Crippen LogP contribution in [0.2, 0.25) is 0 Å². The number of alkyl halides is 3. The summed E-state index contributed by atoms with van der Waals surface area (Å²) in [5.74, 6) is -0.451. The fraction of sp³-hybridized carbons (Fsp3) is 0.250. The molecule has 9 heteroatoms. The van der Waals surface area contributed by atoms with Gasteiger partial charge in [-0.15, -0.1) is 24.8 Å². The number of carbonyl (C=O) groups excluding carboxylic acids is 1. The van der Waals surface area contributed by atoms with Crippen molar-refractivity contribution in [2.75, 3.05) is 13.1 Å². The number of rotatable bonds is 5. The van der Waals surface area contributed by atoms with E-state index in [2.05, 4.69) is 4.98 Å². The lowest BCUT2D eigenvalue weighted by molar-refractivity contribution is -0.137. The molecule has 0 atom stereocenters. The maximum atomic E-state index is 12.5. The maximum Gasteiger partial charge on any atom is 0.417 e. The highest BCUT2D eigenvalue weighted by molar-refractivity contribution is 5.92. The predicted molar refractivity (Wildman–Crippen MR) is 94.0 cm³/mol. The Morgan fingerprint density at radius 1 is 1.08 bits per heavy atom. The third kappa shape index (κ3) is 6.53. The van der Waals surface area contributed by atoms with E-state index in [9.17, 15) is 18.0 Å². The first-order valence-corrected chi connectivity index (χ1v) is 6.98. The van der Waals surface area contributed by atoms with Crippen LogP contribution >= 0.6 is 24.8 Å². The summed E-state index contributed by atoms with van der Waals surface area (Å²) >= 11 is 0. The largest absolute Gasteiger partial charge is 0.417 e. The minimum absolute atomic E-state index is 0. The van der Waals surface area contributed by atoms with Crippen LogP contribution in [0.15, 0.2) is 48.7 Å². The summed E-state index contributed by atoms with van der Waals surface area (Å²) in [5.41, 5.74) is 5.49. The van der Waals surface area contributed by atoms with E-state index in [1.165, 1.54) is 4.90 Å². The number of hydrogen-bond acceptors (Lipinski definition) is 3. The highest BCUT2D eigenvalue weighted by atomic mass is 35.5. The van der Waals surface area contributed by atoms with Crippen LogP contribution in [0.1, 0.15) is 21.6 Å². The molecule has 0 aliphatic heterocycles. The Kier molecular flexibility index (Phi) is 9.48. The third-order valence-electron chi connectivity index (χ3n) is 3.21. The van der Waals surface area contributed by atoms with Gasteiger partial charge < -0.3 is 10.6 Å². The van der Waals surface area contributed by atoms with Crippen LogP contribution in [-0.4, -0.2) is 28.9 Å². The highest BCUT2D eigenvalue weighted by Gasteiger charge is 2.31. The fourth-order valence-electron chi connectivity index (χ4n) is 2.06. The molecule has 0 unspecified atom stereocenters. The molecule has 4 nitrogen and oxygen atoms in total. The van der Waals surface area contributed by atoms with Crippen molar-refractivity contribution in [3.63, 3.8) is 0 Å². The molecule has 0 saturated carbocycles. The van der Waals surface area contributed by atoms with Gasteiger partial charge >= 0.3 is 6.18 Å². The van der Waals surface area contributed by atoms with Crippen molar-refractivity contribution in [1.29, 1.82) is 0 Å². The van der Waals surface area contributed by atoms with Crippen LogP contribution < -0.4 is 5.73 Å². The van der Waals surface area contributed by atoms with E-state index in [0.717, 1.165) is 17.7 Å². The monoisotopic (exact) mass is 395 g/mol. The molecule has 138 valence electrons. The second kappa shape index (κ2) is 10.2. The zero-order valence-corrected chi connectivity index (χ0v) is 14.7. The standard InChI is InChI=1S/C16H16F3N3O.2ClH/c17-16(18,19)13-6-7-14(21-10-13)15(23)22(9-8-20)11-12-4-2-1-3-5-12;;/h1-7,10H,8-9,11,20H2;2*1H. The topological polar surface area (TPSA) is 59.2 Å². The minimum atomic E-state index is -4.48. The number of halogens is 5. The molecule has 0 radical (unpaired) electrons. The summed E-state index contributed by atoms with van der Waals surface area (Å²) in [6, 6.07) is 11.2. The fourth-order valence-corrected chi connectivity index (χ4v) is 2.06. The first kappa shape index (κ1) is 23.2. The van der Waals surface area contributed by atoms with Gasteiger partial charge in [-0.25, -0.2) is 0 Å². The summed E-state index contributed by atoms with van der Waals surface area (Å²) in [5, 5.41) is 0. The second-order valence-corrected chi connectivity index (χ2v) is 4.93. The smallest absolute Gasteiger partial charge is 0.332 e. The molecule has 2 rings (SSSR count). The molecule has 1 amide bonds. The van der Waals surface area contributed by atoms with E-state index in [1.807, 2.05) is 30.3 Å². The van der Waals surface area contributed by atoms with Gasteiger partial charge in [0.1, 0.15) is 5.69 Å². The molecule has 1 aromatic heterocycles. The SMILES string of the molecule is Cl.Cl.NCCN(Cc1ccccc1)C(=O)c1ccc(C(F)(F)F)cn1. The zero-order valence-electron chi connectivity index (χ0n) is 13.1. The van der Waals surface area contributed by atoms with Crippen LogP contribution in [0.25, 0.3) is 0 Å². The number of nitrogens with two attached hydrogens (primary N) is 1. The van der Waals surface area contributed by atoms with E-state index in [4.69, 9.17) is 5.73 Å². The van der Waals surface area contributed by atoms with E-state index in [-0.39, 0.29) is 43.6 Å². The van der Waals surface area contributed by atoms with Crippen LogP contribution in [0, 0.1) is 0 Å². The maximum absolute atomic E-state index is 12.5. The zero-order chi connectivity index (χ0) is 16.9. The molecule has 1 heterocycles. The van der Waals surface area contributed by atoms with Crippen molar-refractivity contribution in [2.45, 2.75) is 12.7 Å². The Balaban J connectivity index is 0.00000288. The quantitative estimate of drug-likeness (QED) is 0.841. The van der Waals surface area contributed by atoms with E-state index >= 15 is 0 Å². The number of benzene rings is 1. The van der Waals surface area contributed by atoms with Gasteiger partial charge in [-0.2, -0.15) is 13.2 Å². The molecule has 0 saturated heterocycles. The number of amides is 1. The lowest BCUT2D eigenvalue weighted by Crippen LogP contribution is -2.35. The first-order valence-electron chi connectivity index (χ1n) is 6.98. The molecule has 25 heavy (non-hydrogen) atoms. The van der Waals surface area contributed by atoms with Crippen molar-refractivity contribution >= 4 is 30.7 Å². The van der Waals surface area contributed by atoms with Crippen LogP contribution in [0.4, 0.5) is 13.2 Å². The molecule has 0 spiro atoms. The van der Waals surface area contributed by atoms with E-state index in [1.54, 1.807) is 0 Å². The van der Waals surface area contributed by atoms with Gasteiger partial charge in [0.15, 0.2) is 0 Å². The Bertz CT molecular complexity index is 652. The molecule has 1 aromatic carbocycles. The average molecular weight is 396 g/mol. The molecular formula is C16H18Cl2F3N3O. The van der Waals surface area contributed by atoms with Gasteiger partial charge in [-0.3, -0.25) is 9.78 Å². The van der Waals surface area contributed by atoms with Gasteiger partial charge in [0.25, 0.3) is 5.91 Å². The van der Waals surface area contributed by atoms with Crippen molar-refractivity contribution < 1.29 is 18.0 Å². The van der Waals surface area contributed by atoms with Gasteiger partial charge in [-0.05, 0) is 17.7 Å². The molecule has 0 aliphatic rings. The van der Waals surface area contributed by atoms with Crippen molar-refractivity contribution in [2.24, 2.45) is 5.73 Å². The van der Waals surface area contributed by atoms with Crippen molar-refractivity contribution in [3.8, 4) is 0 Å². The summed E-state index contributed by atoms with van der Waals surface area (Å²) in [6.45, 7) is 0.856. The molecule has 0 bridgehead atoms. The Labute approximate surface area is 156 Å². The second-order valence-electron chi connectivity index (χ2n) is 4.93. The lowest BCUT2D eigenvalue weighted by atomic mass is 10.2. The lowest BCUT2D eigenvalue weighted by Gasteiger charge is -2.22. The highest BCUT2D eigenvalue weighted by Crippen LogP contribution is 2.28. The van der Waals surface area contributed by atoms with E-state index < -0.39 is 17.6 Å². The predicted octanol–water partition coefficient (Wildman–Crippen LogP) is 3.55. The first-order chi connectivity index (χ1) is 10.9. The summed E-state index contributed by atoms with van der Waals surface area (Å²) in [4.78, 5) is 17.5. The molecule has 0 aliphatic carbocycles. The molecule has 2 N–H and O–H groups in total. The number of nitrogens with zero attached hydrogens (tertiary/aromatic N) is 2. The Hall–Kier alpha value is -1.83. The third-order valence-corrected chi connectivity index (χ3v) is 3.21. The van der Waals surface area contributed by atoms with Gasteiger partial charge in [-0.1, -0.05) is 30.3 Å². The number of hydrogen-bond donors (Lipinski definition) is 1. The van der Waals surface area contributed by atoms with Crippen LogP contribution in [0.5, 0.6) is 0 Å². The average Bonchev–Trinajstić information content (AvgIpc) is 2.54. The summed E-state index contributed by atoms with van der Waals surface area (Å²) in [7, 11) is 0. The summed E-state index contributed by atoms with van der Waals surface area (Å²) in [6.07, 6.45) is -3.81. The minimum Gasteiger partial charge on any atom is -0.332 e. The van der Waals surface area contributed by atoms with Gasteiger partial charge in [0.2, 0.25) is 0 Å². The normalized spacial score (nSPS) is 10.4. The van der Waals surface area contributed by atoms with Gasteiger partial charge in [0, 0.05) is 25.8 Å². The van der Waals surface area contributed by atoms with Crippen molar-refractivity contribution in [3.05, 3.63) is 65.5 Å². The molecule has 0 fully saturated rings. The Morgan fingerprint density at radius 3 is 2.20 bits per heavy atom. The van der Waals surface area contributed by atoms with Crippen molar-refractivity contribution in [1.82, 2.24) is 9.88 Å². The molecule has 2 aromatic rings. The number of pyridine rings is 1. The molecular weight excluding hydrogens is 378 g/mol. The van der Waals surface area contributed by atoms with E-state index in [0.29, 0.717) is 12.7 Å². The van der Waals surface area contributed by atoms with Crippen LogP contribution in [-0.2, 0) is 12.7 Å². The number of carbonyl (C=O) groups is 1. The summed E-state index contributed by atoms with van der Waals surface area (Å²) < 4.78 is 37.6. The van der Waals surface area contributed by atoms with Crippen LogP contribution in [0.3, 0.4) is 0 Å². The Morgan fingerprint density at radius 2 is 1.72 bits per heavy atom.